The molecular formula is C10H19BrO2. The molecule has 3 heteroatoms. The summed E-state index contributed by atoms with van der Waals surface area (Å²) in [6.07, 6.45) is 2.13. The van der Waals surface area contributed by atoms with Crippen molar-refractivity contribution in [2.45, 2.75) is 33.6 Å². The summed E-state index contributed by atoms with van der Waals surface area (Å²) < 4.78 is 4.91. The van der Waals surface area contributed by atoms with Crippen molar-refractivity contribution in [1.82, 2.24) is 0 Å². The predicted octanol–water partition coefficient (Wildman–Crippen LogP) is 3.00. The molecular weight excluding hydrogens is 232 g/mol. The second-order valence-corrected chi connectivity index (χ2v) is 4.40. The third-order valence-corrected chi connectivity index (χ3v) is 2.67. The first-order valence-electron chi connectivity index (χ1n) is 4.77. The molecule has 2 nitrogen and oxygen atoms in total. The van der Waals surface area contributed by atoms with Crippen molar-refractivity contribution in [3.63, 3.8) is 0 Å². The fourth-order valence-electron chi connectivity index (χ4n) is 1.31. The van der Waals surface area contributed by atoms with Crippen LogP contribution in [0.25, 0.3) is 0 Å². The number of carbonyl (C=O) groups is 1. The highest BCUT2D eigenvalue weighted by atomic mass is 79.9. The Bertz CT molecular complexity index is 146. The van der Waals surface area contributed by atoms with Gasteiger partial charge in [-0.05, 0) is 24.7 Å². The lowest BCUT2D eigenvalue weighted by molar-refractivity contribution is -0.141. The van der Waals surface area contributed by atoms with E-state index in [1.54, 1.807) is 0 Å². The minimum absolute atomic E-state index is 0.179. The van der Waals surface area contributed by atoms with Crippen LogP contribution >= 0.6 is 15.9 Å². The molecule has 0 N–H and O–H groups in total. The monoisotopic (exact) mass is 250 g/mol. The summed E-state index contributed by atoms with van der Waals surface area (Å²) in [6, 6.07) is 0. The first kappa shape index (κ1) is 12.9. The summed E-state index contributed by atoms with van der Waals surface area (Å²) in [6.45, 7) is 6.43. The molecule has 0 amide bonds. The zero-order chi connectivity index (χ0) is 10.3. The van der Waals surface area contributed by atoms with Gasteiger partial charge in [0.2, 0.25) is 0 Å². The van der Waals surface area contributed by atoms with Crippen molar-refractivity contribution in [2.24, 2.45) is 11.8 Å². The van der Waals surface area contributed by atoms with E-state index in [-0.39, 0.29) is 5.97 Å². The number of hydrogen-bond donors (Lipinski definition) is 0. The number of ether oxygens (including phenoxy) is 1. The van der Waals surface area contributed by atoms with Gasteiger partial charge in [-0.3, -0.25) is 4.79 Å². The van der Waals surface area contributed by atoms with Crippen molar-refractivity contribution in [1.29, 1.82) is 0 Å². The highest BCUT2D eigenvalue weighted by Gasteiger charge is 2.12. The average Bonchev–Trinajstić information content (AvgIpc) is 2.02. The van der Waals surface area contributed by atoms with Gasteiger partial charge in [0.25, 0.3) is 0 Å². The number of halogens is 1. The highest BCUT2D eigenvalue weighted by Crippen LogP contribution is 2.20. The minimum atomic E-state index is -0.179. The second kappa shape index (κ2) is 7.36. The number of hydrogen-bond acceptors (Lipinski definition) is 2. The van der Waals surface area contributed by atoms with Crippen LogP contribution in [0.1, 0.15) is 33.6 Å². The Labute approximate surface area is 89.2 Å². The van der Waals surface area contributed by atoms with E-state index < -0.39 is 0 Å². The van der Waals surface area contributed by atoms with Crippen LogP contribution < -0.4 is 0 Å². The Morgan fingerprint density at radius 3 is 2.38 bits per heavy atom. The van der Waals surface area contributed by atoms with Crippen LogP contribution in [0, 0.1) is 11.8 Å². The summed E-state index contributed by atoms with van der Waals surface area (Å²) in [7, 11) is 0. The first-order valence-corrected chi connectivity index (χ1v) is 5.89. The topological polar surface area (TPSA) is 26.3 Å². The number of esters is 1. The number of carbonyl (C=O) groups excluding carboxylic acids is 1. The van der Waals surface area contributed by atoms with Gasteiger partial charge in [-0.15, -0.1) is 0 Å². The third kappa shape index (κ3) is 7.05. The molecule has 0 radical (unpaired) electrons. The second-order valence-electron chi connectivity index (χ2n) is 3.61. The van der Waals surface area contributed by atoms with Crippen molar-refractivity contribution in [3.05, 3.63) is 0 Å². The lowest BCUT2D eigenvalue weighted by Crippen LogP contribution is -2.13. The van der Waals surface area contributed by atoms with Crippen molar-refractivity contribution in [2.75, 3.05) is 11.9 Å². The Hall–Kier alpha value is -0.0500. The molecule has 0 saturated carbocycles. The van der Waals surface area contributed by atoms with Crippen LogP contribution in [-0.2, 0) is 9.53 Å². The Morgan fingerprint density at radius 1 is 1.38 bits per heavy atom. The predicted molar refractivity (Wildman–Crippen MR) is 58.0 cm³/mol. The zero-order valence-electron chi connectivity index (χ0n) is 8.68. The van der Waals surface area contributed by atoms with Gasteiger partial charge >= 0.3 is 5.97 Å². The molecule has 0 aliphatic heterocycles. The van der Waals surface area contributed by atoms with Gasteiger partial charge in [0.05, 0.1) is 6.61 Å². The van der Waals surface area contributed by atoms with E-state index in [0.717, 1.165) is 18.2 Å². The van der Waals surface area contributed by atoms with E-state index in [9.17, 15) is 4.79 Å². The molecule has 78 valence electrons. The van der Waals surface area contributed by atoms with Gasteiger partial charge in [-0.2, -0.15) is 0 Å². The molecule has 1 unspecified atom stereocenters. The maximum Gasteiger partial charge on any atom is 0.302 e. The van der Waals surface area contributed by atoms with Gasteiger partial charge in [0.15, 0.2) is 0 Å². The first-order chi connectivity index (χ1) is 6.07. The van der Waals surface area contributed by atoms with Gasteiger partial charge in [0.1, 0.15) is 0 Å². The fourth-order valence-corrected chi connectivity index (χ4v) is 1.89. The van der Waals surface area contributed by atoms with Crippen molar-refractivity contribution < 1.29 is 9.53 Å². The summed E-state index contributed by atoms with van der Waals surface area (Å²) in [5.41, 5.74) is 0. The maximum atomic E-state index is 10.5. The highest BCUT2D eigenvalue weighted by molar-refractivity contribution is 9.09. The largest absolute Gasteiger partial charge is 0.466 e. The van der Waals surface area contributed by atoms with E-state index >= 15 is 0 Å². The van der Waals surface area contributed by atoms with Gasteiger partial charge in [-0.25, -0.2) is 0 Å². The molecule has 13 heavy (non-hydrogen) atoms. The SMILES string of the molecule is CC(=O)OCCC(CCBr)C(C)C. The summed E-state index contributed by atoms with van der Waals surface area (Å²) in [4.78, 5) is 10.5. The molecule has 0 rings (SSSR count). The third-order valence-electron chi connectivity index (χ3n) is 2.22. The van der Waals surface area contributed by atoms with E-state index in [1.165, 1.54) is 6.92 Å². The molecule has 0 spiro atoms. The Morgan fingerprint density at radius 2 is 2.00 bits per heavy atom. The van der Waals surface area contributed by atoms with E-state index in [4.69, 9.17) is 4.74 Å². The minimum Gasteiger partial charge on any atom is -0.466 e. The van der Waals surface area contributed by atoms with Gasteiger partial charge in [0, 0.05) is 12.3 Å². The van der Waals surface area contributed by atoms with E-state index in [0.29, 0.717) is 18.4 Å². The Kier molecular flexibility index (Phi) is 7.33. The van der Waals surface area contributed by atoms with Crippen LogP contribution in [0.5, 0.6) is 0 Å². The average molecular weight is 251 g/mol. The van der Waals surface area contributed by atoms with Crippen LogP contribution in [0.15, 0.2) is 0 Å². The molecule has 0 aromatic carbocycles. The smallest absolute Gasteiger partial charge is 0.302 e. The molecule has 0 aromatic heterocycles. The summed E-state index contributed by atoms with van der Waals surface area (Å²) >= 11 is 3.43. The lowest BCUT2D eigenvalue weighted by atomic mass is 9.90. The zero-order valence-corrected chi connectivity index (χ0v) is 10.3. The molecule has 0 saturated heterocycles. The molecule has 1 atom stereocenters. The number of alkyl halides is 1. The van der Waals surface area contributed by atoms with Crippen LogP contribution in [-0.4, -0.2) is 17.9 Å². The molecule has 0 fully saturated rings. The Balaban J connectivity index is 3.62. The molecule has 0 aliphatic rings. The van der Waals surface area contributed by atoms with Crippen LogP contribution in [0.3, 0.4) is 0 Å². The standard InChI is InChI=1S/C10H19BrO2/c1-8(2)10(4-6-11)5-7-13-9(3)12/h8,10H,4-7H2,1-3H3. The lowest BCUT2D eigenvalue weighted by Gasteiger charge is -2.19. The van der Waals surface area contributed by atoms with Crippen LogP contribution in [0.2, 0.25) is 0 Å². The molecule has 0 heterocycles. The van der Waals surface area contributed by atoms with Crippen LogP contribution in [0.4, 0.5) is 0 Å². The number of rotatable bonds is 6. The summed E-state index contributed by atoms with van der Waals surface area (Å²) in [5, 5.41) is 1.02. The fraction of sp³-hybridized carbons (Fsp3) is 0.900. The van der Waals surface area contributed by atoms with Crippen molar-refractivity contribution in [3.8, 4) is 0 Å². The molecule has 0 aromatic rings. The molecule has 0 aliphatic carbocycles. The summed E-state index contributed by atoms with van der Waals surface area (Å²) in [5.74, 6) is 1.13. The van der Waals surface area contributed by atoms with Crippen molar-refractivity contribution >= 4 is 21.9 Å². The van der Waals surface area contributed by atoms with E-state index in [1.807, 2.05) is 0 Å². The quantitative estimate of drug-likeness (QED) is 0.535. The van der Waals surface area contributed by atoms with E-state index in [2.05, 4.69) is 29.8 Å². The molecule has 0 bridgehead atoms. The van der Waals surface area contributed by atoms with Gasteiger partial charge < -0.3 is 4.74 Å². The maximum absolute atomic E-state index is 10.5. The van der Waals surface area contributed by atoms with Gasteiger partial charge in [-0.1, -0.05) is 29.8 Å². The normalized spacial score (nSPS) is 13.0.